The summed E-state index contributed by atoms with van der Waals surface area (Å²) in [6.45, 7) is 9.06. The van der Waals surface area contributed by atoms with Crippen molar-refractivity contribution in [2.24, 2.45) is 11.8 Å². The molecule has 0 amide bonds. The molecule has 0 aliphatic heterocycles. The van der Waals surface area contributed by atoms with Gasteiger partial charge in [-0.15, -0.1) is 0 Å². The molecule has 0 spiro atoms. The van der Waals surface area contributed by atoms with Crippen LogP contribution >= 0.6 is 0 Å². The van der Waals surface area contributed by atoms with Crippen molar-refractivity contribution in [1.82, 2.24) is 0 Å². The van der Waals surface area contributed by atoms with E-state index < -0.39 is 0 Å². The highest BCUT2D eigenvalue weighted by Gasteiger charge is 2.15. The summed E-state index contributed by atoms with van der Waals surface area (Å²) >= 11 is 0. The fourth-order valence-electron chi connectivity index (χ4n) is 2.97. The van der Waals surface area contributed by atoms with Gasteiger partial charge in [0.05, 0.1) is 0 Å². The molecule has 2 heteroatoms. The predicted molar refractivity (Wildman–Crippen MR) is 98.9 cm³/mol. The molecule has 1 unspecified atom stereocenters. The minimum atomic E-state index is 0.145. The van der Waals surface area contributed by atoms with E-state index in [1.807, 2.05) is 0 Å². The van der Waals surface area contributed by atoms with Gasteiger partial charge in [0.25, 0.3) is 0 Å². The van der Waals surface area contributed by atoms with Gasteiger partial charge in [0.15, 0.2) is 0 Å². The maximum absolute atomic E-state index is 9.19. The summed E-state index contributed by atoms with van der Waals surface area (Å²) in [5, 5.41) is 18.4. The van der Waals surface area contributed by atoms with Gasteiger partial charge >= 0.3 is 0 Å². The number of benzene rings is 1. The van der Waals surface area contributed by atoms with E-state index in [2.05, 4.69) is 33.8 Å². The molecular formula is C21H34O2. The Balaban J connectivity index is 0.000000238. The van der Waals surface area contributed by atoms with Gasteiger partial charge in [-0.1, -0.05) is 45.3 Å². The second-order valence-corrected chi connectivity index (χ2v) is 7.14. The maximum Gasteiger partial charge on any atom is 0.119 e. The molecule has 23 heavy (non-hydrogen) atoms. The minimum absolute atomic E-state index is 0.145. The van der Waals surface area contributed by atoms with Crippen LogP contribution in [0.3, 0.4) is 0 Å². The lowest BCUT2D eigenvalue weighted by Crippen LogP contribution is -2.10. The number of hydrogen-bond donors (Lipinski definition) is 2. The zero-order valence-electron chi connectivity index (χ0n) is 15.3. The van der Waals surface area contributed by atoms with Gasteiger partial charge in [-0.3, -0.25) is 0 Å². The Morgan fingerprint density at radius 3 is 2.22 bits per heavy atom. The fourth-order valence-corrected chi connectivity index (χ4v) is 2.97. The van der Waals surface area contributed by atoms with Crippen molar-refractivity contribution in [1.29, 1.82) is 0 Å². The molecular weight excluding hydrogens is 284 g/mol. The molecule has 130 valence electrons. The van der Waals surface area contributed by atoms with E-state index in [1.165, 1.54) is 38.2 Å². The van der Waals surface area contributed by atoms with Crippen molar-refractivity contribution in [3.8, 4) is 11.5 Å². The van der Waals surface area contributed by atoms with E-state index in [9.17, 15) is 10.2 Å². The van der Waals surface area contributed by atoms with Crippen LogP contribution in [0.15, 0.2) is 29.8 Å². The summed E-state index contributed by atoms with van der Waals surface area (Å²) in [4.78, 5) is 0. The number of unbranched alkanes of at least 4 members (excludes halogenated alkanes) is 2. The number of phenols is 2. The van der Waals surface area contributed by atoms with E-state index in [0.717, 1.165) is 30.2 Å². The summed E-state index contributed by atoms with van der Waals surface area (Å²) in [6.07, 6.45) is 10.9. The molecule has 0 radical (unpaired) electrons. The minimum Gasteiger partial charge on any atom is -0.508 e. The number of aryl methyl sites for hydroxylation is 1. The van der Waals surface area contributed by atoms with E-state index in [0.29, 0.717) is 0 Å². The number of phenolic OH excluding ortho intramolecular Hbond substituents is 2. The largest absolute Gasteiger partial charge is 0.508 e. The Morgan fingerprint density at radius 1 is 1.09 bits per heavy atom. The molecule has 1 aromatic carbocycles. The van der Waals surface area contributed by atoms with Gasteiger partial charge in [-0.2, -0.15) is 0 Å². The highest BCUT2D eigenvalue weighted by molar-refractivity contribution is 5.36. The molecule has 0 aromatic heterocycles. The summed E-state index contributed by atoms with van der Waals surface area (Å²) in [5.41, 5.74) is 2.60. The lowest BCUT2D eigenvalue weighted by atomic mass is 9.83. The topological polar surface area (TPSA) is 40.5 Å². The van der Waals surface area contributed by atoms with Crippen LogP contribution in [0.4, 0.5) is 0 Å². The number of hydrogen-bond acceptors (Lipinski definition) is 2. The average Bonchev–Trinajstić information content (AvgIpc) is 2.47. The Hall–Kier alpha value is -1.44. The van der Waals surface area contributed by atoms with Crippen LogP contribution < -0.4 is 0 Å². The van der Waals surface area contributed by atoms with Crippen LogP contribution in [0.25, 0.3) is 0 Å². The second-order valence-electron chi connectivity index (χ2n) is 7.14. The molecule has 2 nitrogen and oxygen atoms in total. The Kier molecular flexibility index (Phi) is 8.83. The van der Waals surface area contributed by atoms with Crippen molar-refractivity contribution in [3.05, 3.63) is 35.4 Å². The van der Waals surface area contributed by atoms with Crippen molar-refractivity contribution >= 4 is 0 Å². The smallest absolute Gasteiger partial charge is 0.119 e. The third-order valence-electron chi connectivity index (χ3n) is 4.65. The average molecular weight is 319 g/mol. The van der Waals surface area contributed by atoms with Gasteiger partial charge < -0.3 is 10.2 Å². The number of rotatable bonds is 5. The van der Waals surface area contributed by atoms with Crippen LogP contribution in [0, 0.1) is 11.8 Å². The van der Waals surface area contributed by atoms with Crippen molar-refractivity contribution in [3.63, 3.8) is 0 Å². The Labute approximate surface area is 142 Å². The normalized spacial score (nSPS) is 17.4. The second kappa shape index (κ2) is 10.4. The molecule has 1 atom stereocenters. The zero-order valence-corrected chi connectivity index (χ0v) is 15.3. The summed E-state index contributed by atoms with van der Waals surface area (Å²) in [7, 11) is 0. The van der Waals surface area contributed by atoms with Crippen molar-refractivity contribution in [2.45, 2.75) is 72.6 Å². The quantitative estimate of drug-likeness (QED) is 0.500. The van der Waals surface area contributed by atoms with Crippen LogP contribution in [-0.4, -0.2) is 10.2 Å². The first-order valence-electron chi connectivity index (χ1n) is 9.09. The molecule has 0 fully saturated rings. The van der Waals surface area contributed by atoms with Gasteiger partial charge in [-0.05, 0) is 68.6 Å². The lowest BCUT2D eigenvalue weighted by molar-refractivity contribution is 0.350. The first-order valence-corrected chi connectivity index (χ1v) is 9.09. The van der Waals surface area contributed by atoms with E-state index >= 15 is 0 Å². The van der Waals surface area contributed by atoms with Gasteiger partial charge in [-0.25, -0.2) is 0 Å². The van der Waals surface area contributed by atoms with Crippen LogP contribution in [0.2, 0.25) is 0 Å². The number of allylic oxidation sites excluding steroid dienone is 2. The molecule has 0 bridgehead atoms. The molecule has 0 saturated heterocycles. The molecule has 1 aliphatic carbocycles. The first-order chi connectivity index (χ1) is 10.9. The first kappa shape index (κ1) is 19.6. The molecule has 0 heterocycles. The van der Waals surface area contributed by atoms with Crippen LogP contribution in [0.5, 0.6) is 11.5 Å². The molecule has 2 N–H and O–H groups in total. The van der Waals surface area contributed by atoms with Gasteiger partial charge in [0.1, 0.15) is 11.5 Å². The predicted octanol–water partition coefficient (Wildman–Crippen LogP) is 6.22. The third-order valence-corrected chi connectivity index (χ3v) is 4.65. The third kappa shape index (κ3) is 8.11. The summed E-state index contributed by atoms with van der Waals surface area (Å²) in [6, 6.07) is 4.76. The molecule has 0 saturated carbocycles. The van der Waals surface area contributed by atoms with Gasteiger partial charge in [0, 0.05) is 6.07 Å². The van der Waals surface area contributed by atoms with Crippen molar-refractivity contribution in [2.75, 3.05) is 0 Å². The monoisotopic (exact) mass is 318 g/mol. The standard InChI is InChI=1S/C11H16O2.C10H18/c1-2-3-4-5-9-6-10(12)8-11(13)7-9;1-8(2)10-6-4-9(3)5-7-10/h6-8,12-13H,2-5H2,1H3;4,8,10H,5-7H2,1-3H3. The molecule has 2 rings (SSSR count). The van der Waals surface area contributed by atoms with E-state index in [-0.39, 0.29) is 11.5 Å². The van der Waals surface area contributed by atoms with Crippen LogP contribution in [0.1, 0.15) is 71.8 Å². The highest BCUT2D eigenvalue weighted by Crippen LogP contribution is 2.28. The highest BCUT2D eigenvalue weighted by atomic mass is 16.3. The SMILES string of the molecule is CC1=CCC(C(C)C)CC1.CCCCCc1cc(O)cc(O)c1. The zero-order chi connectivity index (χ0) is 17.2. The van der Waals surface area contributed by atoms with Crippen LogP contribution in [-0.2, 0) is 6.42 Å². The lowest BCUT2D eigenvalue weighted by Gasteiger charge is -2.23. The van der Waals surface area contributed by atoms with E-state index in [1.54, 1.807) is 17.7 Å². The molecule has 1 aliphatic rings. The molecule has 1 aromatic rings. The van der Waals surface area contributed by atoms with E-state index in [4.69, 9.17) is 0 Å². The Morgan fingerprint density at radius 2 is 1.74 bits per heavy atom. The summed E-state index contributed by atoms with van der Waals surface area (Å²) in [5.74, 6) is 2.13. The fraction of sp³-hybridized carbons (Fsp3) is 0.619. The summed E-state index contributed by atoms with van der Waals surface area (Å²) < 4.78 is 0. The van der Waals surface area contributed by atoms with Crippen molar-refractivity contribution < 1.29 is 10.2 Å². The maximum atomic E-state index is 9.19. The number of aromatic hydroxyl groups is 2. The van der Waals surface area contributed by atoms with Gasteiger partial charge in [0.2, 0.25) is 0 Å². The Bertz CT molecular complexity index is 468.